The monoisotopic (exact) mass is 385 g/mol. The lowest BCUT2D eigenvalue weighted by Crippen LogP contribution is -2.03. The fourth-order valence-electron chi connectivity index (χ4n) is 3.45. The molecule has 0 aliphatic heterocycles. The number of hydrogen-bond donors (Lipinski definition) is 2. The fourth-order valence-corrected chi connectivity index (χ4v) is 3.45. The lowest BCUT2D eigenvalue weighted by molar-refractivity contribution is 0.317. The summed E-state index contributed by atoms with van der Waals surface area (Å²) in [5, 5.41) is 23.1. The first kappa shape index (κ1) is 19.4. The Hall–Kier alpha value is -3.35. The fraction of sp³-hybridized carbons (Fsp3) is 0.286. The van der Waals surface area contributed by atoms with Crippen LogP contribution < -0.4 is 18.9 Å². The zero-order valence-electron chi connectivity index (χ0n) is 16.3. The van der Waals surface area contributed by atoms with E-state index in [9.17, 15) is 10.3 Å². The van der Waals surface area contributed by atoms with E-state index < -0.39 is 0 Å². The molecule has 0 heterocycles. The smallest absolute Gasteiger partial charge is 0.203 e. The van der Waals surface area contributed by atoms with Crippen LogP contribution in [0.15, 0.2) is 35.5 Å². The Morgan fingerprint density at radius 3 is 2.14 bits per heavy atom. The van der Waals surface area contributed by atoms with Gasteiger partial charge in [-0.05, 0) is 53.8 Å². The second-order valence-electron chi connectivity index (χ2n) is 6.21. The standard InChI is InChI=1S/C21H23NO6/c1-25-18-8-5-12(9-17(18)23)15-10-13(22-24)6-7-14-16(15)11-19(26-2)21(28-4)20(14)27-3/h5,8-11,23-24H,6-7H2,1-4H3/b22-13-. The van der Waals surface area contributed by atoms with Gasteiger partial charge in [0.05, 0.1) is 34.2 Å². The molecule has 1 aliphatic carbocycles. The molecular formula is C21H23NO6. The Labute approximate surface area is 163 Å². The van der Waals surface area contributed by atoms with Crippen molar-refractivity contribution in [3.63, 3.8) is 0 Å². The lowest BCUT2D eigenvalue weighted by Gasteiger charge is -2.20. The number of phenolic OH excluding ortho intramolecular Hbond substituents is 1. The molecule has 148 valence electrons. The van der Waals surface area contributed by atoms with Gasteiger partial charge < -0.3 is 29.3 Å². The van der Waals surface area contributed by atoms with E-state index >= 15 is 0 Å². The molecular weight excluding hydrogens is 362 g/mol. The van der Waals surface area contributed by atoms with E-state index in [0.717, 1.165) is 22.3 Å². The van der Waals surface area contributed by atoms with Gasteiger partial charge in [0, 0.05) is 5.56 Å². The normalized spacial score (nSPS) is 14.7. The highest BCUT2D eigenvalue weighted by atomic mass is 16.5. The third kappa shape index (κ3) is 3.31. The molecule has 7 heteroatoms. The quantitative estimate of drug-likeness (QED) is 0.603. The van der Waals surface area contributed by atoms with Crippen molar-refractivity contribution in [1.29, 1.82) is 0 Å². The van der Waals surface area contributed by atoms with Crippen LogP contribution in [-0.4, -0.2) is 44.5 Å². The minimum Gasteiger partial charge on any atom is -0.504 e. The van der Waals surface area contributed by atoms with Gasteiger partial charge in [0.15, 0.2) is 23.0 Å². The lowest BCUT2D eigenvalue weighted by atomic mass is 9.92. The minimum absolute atomic E-state index is 0.0154. The molecule has 0 unspecified atom stereocenters. The van der Waals surface area contributed by atoms with E-state index in [1.807, 2.05) is 12.1 Å². The molecule has 2 aromatic carbocycles. The Bertz CT molecular complexity index is 948. The van der Waals surface area contributed by atoms with Crippen molar-refractivity contribution in [2.75, 3.05) is 28.4 Å². The SMILES string of the molecule is COc1ccc(C2=C/C(=N\O)CCc3c2cc(OC)c(OC)c3OC)cc1O. The molecule has 0 saturated heterocycles. The van der Waals surface area contributed by atoms with Crippen LogP contribution in [0.1, 0.15) is 23.1 Å². The number of fused-ring (bicyclic) bond motifs is 1. The van der Waals surface area contributed by atoms with Gasteiger partial charge in [0.1, 0.15) is 0 Å². The highest BCUT2D eigenvalue weighted by molar-refractivity contribution is 6.05. The minimum atomic E-state index is 0.0154. The summed E-state index contributed by atoms with van der Waals surface area (Å²) < 4.78 is 21.8. The van der Waals surface area contributed by atoms with E-state index in [-0.39, 0.29) is 5.75 Å². The second-order valence-corrected chi connectivity index (χ2v) is 6.21. The number of allylic oxidation sites excluding steroid dienone is 1. The van der Waals surface area contributed by atoms with Gasteiger partial charge in [0.25, 0.3) is 0 Å². The summed E-state index contributed by atoms with van der Waals surface area (Å²) in [6.45, 7) is 0. The van der Waals surface area contributed by atoms with Gasteiger partial charge in [-0.15, -0.1) is 0 Å². The Morgan fingerprint density at radius 2 is 1.57 bits per heavy atom. The first-order valence-corrected chi connectivity index (χ1v) is 8.70. The molecule has 0 atom stereocenters. The molecule has 28 heavy (non-hydrogen) atoms. The molecule has 2 aromatic rings. The van der Waals surface area contributed by atoms with Crippen LogP contribution in [0.5, 0.6) is 28.7 Å². The highest BCUT2D eigenvalue weighted by Crippen LogP contribution is 2.47. The molecule has 7 nitrogen and oxygen atoms in total. The van der Waals surface area contributed by atoms with Crippen LogP contribution in [0.25, 0.3) is 5.57 Å². The van der Waals surface area contributed by atoms with Crippen LogP contribution in [0.2, 0.25) is 0 Å². The third-order valence-electron chi connectivity index (χ3n) is 4.78. The number of aromatic hydroxyl groups is 1. The van der Waals surface area contributed by atoms with Gasteiger partial charge in [-0.25, -0.2) is 0 Å². The molecule has 0 fully saturated rings. The van der Waals surface area contributed by atoms with E-state index in [0.29, 0.717) is 41.6 Å². The summed E-state index contributed by atoms with van der Waals surface area (Å²) in [6.07, 6.45) is 2.89. The van der Waals surface area contributed by atoms with E-state index in [1.54, 1.807) is 39.5 Å². The van der Waals surface area contributed by atoms with Crippen molar-refractivity contribution in [2.45, 2.75) is 12.8 Å². The number of methoxy groups -OCH3 is 4. The Morgan fingerprint density at radius 1 is 0.857 bits per heavy atom. The van der Waals surface area contributed by atoms with Crippen LogP contribution in [-0.2, 0) is 6.42 Å². The van der Waals surface area contributed by atoms with Crippen molar-refractivity contribution in [3.8, 4) is 28.7 Å². The summed E-state index contributed by atoms with van der Waals surface area (Å²) >= 11 is 0. The predicted molar refractivity (Wildman–Crippen MR) is 105 cm³/mol. The number of rotatable bonds is 5. The largest absolute Gasteiger partial charge is 0.504 e. The van der Waals surface area contributed by atoms with Gasteiger partial charge in [0.2, 0.25) is 5.75 Å². The van der Waals surface area contributed by atoms with Crippen molar-refractivity contribution >= 4 is 11.3 Å². The molecule has 0 bridgehead atoms. The first-order valence-electron chi connectivity index (χ1n) is 8.70. The summed E-state index contributed by atoms with van der Waals surface area (Å²) in [7, 11) is 6.19. The van der Waals surface area contributed by atoms with Crippen LogP contribution in [0.4, 0.5) is 0 Å². The highest BCUT2D eigenvalue weighted by Gasteiger charge is 2.26. The average molecular weight is 385 g/mol. The second kappa shape index (κ2) is 8.12. The number of nitrogens with zero attached hydrogens (tertiary/aromatic N) is 1. The number of benzene rings is 2. The zero-order chi connectivity index (χ0) is 20.3. The molecule has 0 spiro atoms. The van der Waals surface area contributed by atoms with E-state index in [4.69, 9.17) is 18.9 Å². The number of oxime groups is 1. The summed E-state index contributed by atoms with van der Waals surface area (Å²) in [5.41, 5.74) is 3.76. The van der Waals surface area contributed by atoms with Crippen LogP contribution in [0, 0.1) is 0 Å². The van der Waals surface area contributed by atoms with Crippen molar-refractivity contribution in [2.24, 2.45) is 5.16 Å². The van der Waals surface area contributed by atoms with Crippen LogP contribution in [0.3, 0.4) is 0 Å². The van der Waals surface area contributed by atoms with Crippen molar-refractivity contribution in [3.05, 3.63) is 47.0 Å². The molecule has 1 aliphatic rings. The van der Waals surface area contributed by atoms with Crippen molar-refractivity contribution in [1.82, 2.24) is 0 Å². The van der Waals surface area contributed by atoms with Gasteiger partial charge in [-0.1, -0.05) is 11.2 Å². The third-order valence-corrected chi connectivity index (χ3v) is 4.78. The molecule has 0 aromatic heterocycles. The molecule has 0 radical (unpaired) electrons. The Balaban J connectivity index is 2.30. The summed E-state index contributed by atoms with van der Waals surface area (Å²) in [5.74, 6) is 1.98. The zero-order valence-corrected chi connectivity index (χ0v) is 16.3. The maximum Gasteiger partial charge on any atom is 0.203 e. The predicted octanol–water partition coefficient (Wildman–Crippen LogP) is 3.63. The topological polar surface area (TPSA) is 89.7 Å². The van der Waals surface area contributed by atoms with Crippen molar-refractivity contribution < 1.29 is 29.3 Å². The van der Waals surface area contributed by atoms with Gasteiger partial charge >= 0.3 is 0 Å². The maximum atomic E-state index is 10.2. The number of ether oxygens (including phenoxy) is 4. The van der Waals surface area contributed by atoms with Gasteiger partial charge in [-0.3, -0.25) is 0 Å². The molecule has 3 rings (SSSR count). The first-order chi connectivity index (χ1) is 13.6. The Kier molecular flexibility index (Phi) is 5.63. The van der Waals surface area contributed by atoms with E-state index in [2.05, 4.69) is 5.16 Å². The maximum absolute atomic E-state index is 10.2. The van der Waals surface area contributed by atoms with E-state index in [1.165, 1.54) is 7.11 Å². The average Bonchev–Trinajstić information content (AvgIpc) is 2.91. The summed E-state index contributed by atoms with van der Waals surface area (Å²) in [4.78, 5) is 0. The molecule has 0 saturated carbocycles. The number of phenols is 1. The summed E-state index contributed by atoms with van der Waals surface area (Å²) in [6, 6.07) is 6.99. The van der Waals surface area contributed by atoms with Crippen LogP contribution >= 0.6 is 0 Å². The molecule has 2 N–H and O–H groups in total. The number of hydrogen-bond acceptors (Lipinski definition) is 7. The van der Waals surface area contributed by atoms with Gasteiger partial charge in [-0.2, -0.15) is 0 Å². The molecule has 0 amide bonds.